The van der Waals surface area contributed by atoms with Crippen LogP contribution in [0, 0.1) is 0 Å². The van der Waals surface area contributed by atoms with E-state index in [2.05, 4.69) is 19.2 Å². The highest BCUT2D eigenvalue weighted by atomic mass is 16.5. The summed E-state index contributed by atoms with van der Waals surface area (Å²) in [4.78, 5) is 15.3. The Labute approximate surface area is 166 Å². The van der Waals surface area contributed by atoms with Crippen LogP contribution < -0.4 is 10.1 Å². The quantitative estimate of drug-likeness (QED) is 0.795. The molecule has 5 nitrogen and oxygen atoms in total. The summed E-state index contributed by atoms with van der Waals surface area (Å²) in [5.74, 6) is 0.854. The summed E-state index contributed by atoms with van der Waals surface area (Å²) >= 11 is 0. The Morgan fingerprint density at radius 2 is 2.00 bits per heavy atom. The van der Waals surface area contributed by atoms with Gasteiger partial charge in [-0.3, -0.25) is 4.79 Å². The van der Waals surface area contributed by atoms with E-state index in [1.165, 1.54) is 0 Å². The number of para-hydroxylation sites is 2. The van der Waals surface area contributed by atoms with Gasteiger partial charge in [0.05, 0.1) is 17.8 Å². The molecular weight excluding hydrogens is 352 g/mol. The van der Waals surface area contributed by atoms with Gasteiger partial charge in [-0.2, -0.15) is 0 Å². The number of fused-ring (bicyclic) bond motifs is 1. The predicted molar refractivity (Wildman–Crippen MR) is 110 cm³/mol. The van der Waals surface area contributed by atoms with Crippen LogP contribution in [0.3, 0.4) is 0 Å². The number of nitrogens with zero attached hydrogens (tertiary/aromatic N) is 1. The molecule has 28 heavy (non-hydrogen) atoms. The number of amides is 1. The van der Waals surface area contributed by atoms with Crippen LogP contribution in [0.5, 0.6) is 5.75 Å². The Kier molecular flexibility index (Phi) is 5.53. The summed E-state index contributed by atoms with van der Waals surface area (Å²) < 4.78 is 12.0. The first-order chi connectivity index (χ1) is 13.7. The number of carbonyl (C=O) groups is 1. The van der Waals surface area contributed by atoms with Crippen LogP contribution in [0.1, 0.15) is 55.2 Å². The summed E-state index contributed by atoms with van der Waals surface area (Å²) in [6.07, 6.45) is 2.87. The molecule has 5 heteroatoms. The number of nitrogens with one attached hydrogen (secondary N) is 1. The van der Waals surface area contributed by atoms with Crippen LogP contribution in [0.15, 0.2) is 48.5 Å². The molecule has 2 aromatic rings. The zero-order chi connectivity index (χ0) is 19.5. The van der Waals surface area contributed by atoms with Crippen molar-refractivity contribution in [1.29, 1.82) is 0 Å². The molecule has 4 rings (SSSR count). The Morgan fingerprint density at radius 3 is 2.79 bits per heavy atom. The lowest BCUT2D eigenvalue weighted by Gasteiger charge is -2.39. The van der Waals surface area contributed by atoms with E-state index in [-0.39, 0.29) is 24.3 Å². The summed E-state index contributed by atoms with van der Waals surface area (Å²) in [5.41, 5.74) is 2.54. The zero-order valence-corrected chi connectivity index (χ0v) is 16.6. The Bertz CT molecular complexity index is 832. The normalized spacial score (nSPS) is 22.5. The third-order valence-electron chi connectivity index (χ3n) is 5.56. The molecule has 0 saturated carbocycles. The standard InChI is InChI=1S/C23H28N2O3/c1-3-16(2)28-21-13-7-5-11-19(21)22-24-20-12-6-4-10-18(20)23(26)25(22)15-17-9-8-14-27-17/h4-7,10-13,16-17,22,24H,3,8-9,14-15H2,1-2H3. The van der Waals surface area contributed by atoms with E-state index in [1.807, 2.05) is 53.4 Å². The smallest absolute Gasteiger partial charge is 0.257 e. The fourth-order valence-electron chi connectivity index (χ4n) is 3.85. The maximum Gasteiger partial charge on any atom is 0.257 e. The van der Waals surface area contributed by atoms with E-state index in [0.717, 1.165) is 42.9 Å². The molecule has 2 aromatic carbocycles. The highest BCUT2D eigenvalue weighted by Crippen LogP contribution is 2.37. The van der Waals surface area contributed by atoms with Gasteiger partial charge in [0.25, 0.3) is 5.91 Å². The molecule has 1 fully saturated rings. The van der Waals surface area contributed by atoms with E-state index < -0.39 is 0 Å². The van der Waals surface area contributed by atoms with Gasteiger partial charge in [-0.15, -0.1) is 0 Å². The van der Waals surface area contributed by atoms with Gasteiger partial charge in [-0.1, -0.05) is 37.3 Å². The molecule has 3 unspecified atom stereocenters. The molecule has 2 heterocycles. The van der Waals surface area contributed by atoms with E-state index >= 15 is 0 Å². The number of rotatable bonds is 6. The minimum atomic E-state index is -0.285. The highest BCUT2D eigenvalue weighted by Gasteiger charge is 2.36. The molecular formula is C23H28N2O3. The van der Waals surface area contributed by atoms with Crippen LogP contribution in [-0.4, -0.2) is 36.2 Å². The van der Waals surface area contributed by atoms with Crippen LogP contribution in [0.2, 0.25) is 0 Å². The van der Waals surface area contributed by atoms with Gasteiger partial charge in [0.1, 0.15) is 11.9 Å². The Morgan fingerprint density at radius 1 is 1.21 bits per heavy atom. The average molecular weight is 380 g/mol. The topological polar surface area (TPSA) is 50.8 Å². The minimum absolute atomic E-state index is 0.0354. The number of hydrogen-bond acceptors (Lipinski definition) is 4. The summed E-state index contributed by atoms with van der Waals surface area (Å²) in [6.45, 7) is 5.52. The summed E-state index contributed by atoms with van der Waals surface area (Å²) in [7, 11) is 0. The summed E-state index contributed by atoms with van der Waals surface area (Å²) in [6, 6.07) is 15.7. The van der Waals surface area contributed by atoms with Crippen molar-refractivity contribution >= 4 is 11.6 Å². The SMILES string of the molecule is CCC(C)Oc1ccccc1C1Nc2ccccc2C(=O)N1CC1CCCO1. The molecule has 0 bridgehead atoms. The van der Waals surface area contributed by atoms with E-state index in [4.69, 9.17) is 9.47 Å². The third-order valence-corrected chi connectivity index (χ3v) is 5.56. The zero-order valence-electron chi connectivity index (χ0n) is 16.6. The van der Waals surface area contributed by atoms with Crippen LogP contribution in [0.25, 0.3) is 0 Å². The Hall–Kier alpha value is -2.53. The number of carbonyl (C=O) groups excluding carboxylic acids is 1. The molecule has 148 valence electrons. The van der Waals surface area contributed by atoms with Crippen molar-refractivity contribution in [1.82, 2.24) is 4.90 Å². The lowest BCUT2D eigenvalue weighted by atomic mass is 10.0. The van der Waals surface area contributed by atoms with Crippen LogP contribution >= 0.6 is 0 Å². The second-order valence-corrected chi connectivity index (χ2v) is 7.56. The highest BCUT2D eigenvalue weighted by molar-refractivity contribution is 6.01. The molecule has 2 aliphatic rings. The minimum Gasteiger partial charge on any atom is -0.490 e. The lowest BCUT2D eigenvalue weighted by molar-refractivity contribution is 0.0422. The van der Waals surface area contributed by atoms with Gasteiger partial charge in [-0.25, -0.2) is 0 Å². The van der Waals surface area contributed by atoms with Crippen molar-refractivity contribution in [3.05, 3.63) is 59.7 Å². The van der Waals surface area contributed by atoms with Crippen molar-refractivity contribution in [2.24, 2.45) is 0 Å². The van der Waals surface area contributed by atoms with Crippen molar-refractivity contribution in [2.45, 2.75) is 51.5 Å². The van der Waals surface area contributed by atoms with Crippen molar-refractivity contribution in [3.63, 3.8) is 0 Å². The Balaban J connectivity index is 1.71. The predicted octanol–water partition coefficient (Wildman–Crippen LogP) is 4.61. The van der Waals surface area contributed by atoms with Crippen molar-refractivity contribution in [3.8, 4) is 5.75 Å². The first-order valence-corrected chi connectivity index (χ1v) is 10.2. The fourth-order valence-corrected chi connectivity index (χ4v) is 3.85. The second kappa shape index (κ2) is 8.23. The van der Waals surface area contributed by atoms with Crippen LogP contribution in [-0.2, 0) is 4.74 Å². The third kappa shape index (κ3) is 3.72. The lowest BCUT2D eigenvalue weighted by Crippen LogP contribution is -2.46. The first kappa shape index (κ1) is 18.8. The maximum atomic E-state index is 13.4. The number of ether oxygens (including phenoxy) is 2. The van der Waals surface area contributed by atoms with Gasteiger partial charge in [0, 0.05) is 24.4 Å². The van der Waals surface area contributed by atoms with Gasteiger partial charge in [0.2, 0.25) is 0 Å². The molecule has 0 aromatic heterocycles. The van der Waals surface area contributed by atoms with Crippen molar-refractivity contribution in [2.75, 3.05) is 18.5 Å². The fraction of sp³-hybridized carbons (Fsp3) is 0.435. The number of anilines is 1. The molecule has 0 radical (unpaired) electrons. The molecule has 3 atom stereocenters. The van der Waals surface area contributed by atoms with E-state index in [1.54, 1.807) is 0 Å². The molecule has 0 aliphatic carbocycles. The molecule has 2 aliphatic heterocycles. The van der Waals surface area contributed by atoms with Gasteiger partial charge in [-0.05, 0) is 44.4 Å². The monoisotopic (exact) mass is 380 g/mol. The van der Waals surface area contributed by atoms with E-state index in [0.29, 0.717) is 12.1 Å². The molecule has 1 N–H and O–H groups in total. The summed E-state index contributed by atoms with van der Waals surface area (Å²) in [5, 5.41) is 3.57. The second-order valence-electron chi connectivity index (χ2n) is 7.56. The molecule has 1 saturated heterocycles. The van der Waals surface area contributed by atoms with Gasteiger partial charge < -0.3 is 19.7 Å². The number of benzene rings is 2. The number of hydrogen-bond donors (Lipinski definition) is 1. The first-order valence-electron chi connectivity index (χ1n) is 10.2. The molecule has 0 spiro atoms. The largest absolute Gasteiger partial charge is 0.490 e. The molecule has 1 amide bonds. The van der Waals surface area contributed by atoms with Gasteiger partial charge >= 0.3 is 0 Å². The van der Waals surface area contributed by atoms with E-state index in [9.17, 15) is 4.79 Å². The van der Waals surface area contributed by atoms with Crippen LogP contribution in [0.4, 0.5) is 5.69 Å². The van der Waals surface area contributed by atoms with Gasteiger partial charge in [0.15, 0.2) is 0 Å². The average Bonchev–Trinajstić information content (AvgIpc) is 3.24. The van der Waals surface area contributed by atoms with Crippen molar-refractivity contribution < 1.29 is 14.3 Å². The maximum absolute atomic E-state index is 13.4.